The van der Waals surface area contributed by atoms with Crippen LogP contribution in [0, 0.1) is 10.1 Å². The Morgan fingerprint density at radius 2 is 1.83 bits per heavy atom. The quantitative estimate of drug-likeness (QED) is 0.444. The average molecular weight is 315 g/mol. The van der Waals surface area contributed by atoms with E-state index in [0.29, 0.717) is 11.3 Å². The van der Waals surface area contributed by atoms with Gasteiger partial charge in [-0.2, -0.15) is 0 Å². The molecule has 0 aliphatic heterocycles. The van der Waals surface area contributed by atoms with Crippen LogP contribution in [0.15, 0.2) is 42.5 Å². The number of nitro benzene ring substituents is 1. The molecule has 0 aliphatic carbocycles. The number of nitrogens with zero attached hydrogens (tertiary/aromatic N) is 1. The van der Waals surface area contributed by atoms with E-state index in [1.54, 1.807) is 12.1 Å². The van der Waals surface area contributed by atoms with Crippen molar-refractivity contribution >= 4 is 11.5 Å². The molecule has 0 amide bonds. The van der Waals surface area contributed by atoms with E-state index in [2.05, 4.69) is 0 Å². The van der Waals surface area contributed by atoms with E-state index in [1.165, 1.54) is 25.3 Å². The van der Waals surface area contributed by atoms with E-state index >= 15 is 0 Å². The van der Waals surface area contributed by atoms with E-state index in [-0.39, 0.29) is 23.8 Å². The highest BCUT2D eigenvalue weighted by Gasteiger charge is 2.14. The van der Waals surface area contributed by atoms with E-state index in [9.17, 15) is 14.9 Å². The van der Waals surface area contributed by atoms with Gasteiger partial charge in [0, 0.05) is 11.6 Å². The number of carbonyl (C=O) groups is 1. The number of rotatable bonds is 7. The first-order valence-electron chi connectivity index (χ1n) is 7.12. The molecule has 0 saturated carbocycles. The molecule has 0 aliphatic rings. The van der Waals surface area contributed by atoms with Crippen molar-refractivity contribution in [1.29, 1.82) is 0 Å². The maximum atomic E-state index is 12.1. The molecule has 2 rings (SSSR count). The lowest BCUT2D eigenvalue weighted by Gasteiger charge is -2.10. The molecule has 2 aromatic carbocycles. The highest BCUT2D eigenvalue weighted by molar-refractivity contribution is 5.97. The standard InChI is InChI=1S/C17H17NO5/c1-3-12-4-6-13(7-5-12)15(19)11-23-17-10-14(18(20)21)8-9-16(17)22-2/h4-10H,3,11H2,1-2H3. The molecule has 0 atom stereocenters. The Labute approximate surface area is 133 Å². The molecule has 120 valence electrons. The van der Waals surface area contributed by atoms with Gasteiger partial charge in [0.2, 0.25) is 0 Å². The fourth-order valence-electron chi connectivity index (χ4n) is 2.04. The summed E-state index contributed by atoms with van der Waals surface area (Å²) in [6, 6.07) is 11.3. The lowest BCUT2D eigenvalue weighted by molar-refractivity contribution is -0.385. The number of ketones is 1. The Morgan fingerprint density at radius 3 is 2.39 bits per heavy atom. The minimum Gasteiger partial charge on any atom is -0.493 e. The zero-order valence-corrected chi connectivity index (χ0v) is 12.9. The smallest absolute Gasteiger partial charge is 0.273 e. The lowest BCUT2D eigenvalue weighted by Crippen LogP contribution is -2.12. The van der Waals surface area contributed by atoms with Gasteiger partial charge in [0.05, 0.1) is 18.1 Å². The third-order valence-electron chi connectivity index (χ3n) is 3.40. The normalized spacial score (nSPS) is 10.2. The number of carbonyl (C=O) groups excluding carboxylic acids is 1. The first kappa shape index (κ1) is 16.5. The van der Waals surface area contributed by atoms with Gasteiger partial charge in [-0.15, -0.1) is 0 Å². The fraction of sp³-hybridized carbons (Fsp3) is 0.235. The molecule has 0 spiro atoms. The van der Waals surface area contributed by atoms with E-state index < -0.39 is 4.92 Å². The Hall–Kier alpha value is -2.89. The Bertz CT molecular complexity index is 709. The van der Waals surface area contributed by atoms with Gasteiger partial charge in [0.1, 0.15) is 0 Å². The summed E-state index contributed by atoms with van der Waals surface area (Å²) >= 11 is 0. The summed E-state index contributed by atoms with van der Waals surface area (Å²) in [5.41, 5.74) is 1.55. The zero-order chi connectivity index (χ0) is 16.8. The third kappa shape index (κ3) is 4.06. The molecule has 0 fully saturated rings. The molecular formula is C17H17NO5. The second kappa shape index (κ2) is 7.40. The van der Waals surface area contributed by atoms with Crippen molar-refractivity contribution in [2.75, 3.05) is 13.7 Å². The number of hydrogen-bond acceptors (Lipinski definition) is 5. The molecule has 2 aromatic rings. The second-order valence-electron chi connectivity index (χ2n) is 4.85. The molecule has 0 radical (unpaired) electrons. The highest BCUT2D eigenvalue weighted by atomic mass is 16.6. The summed E-state index contributed by atoms with van der Waals surface area (Å²) in [7, 11) is 1.43. The SMILES string of the molecule is CCc1ccc(C(=O)COc2cc([N+](=O)[O-])ccc2OC)cc1. The maximum Gasteiger partial charge on any atom is 0.273 e. The van der Waals surface area contributed by atoms with E-state index in [1.807, 2.05) is 19.1 Å². The first-order valence-corrected chi connectivity index (χ1v) is 7.12. The second-order valence-corrected chi connectivity index (χ2v) is 4.85. The molecule has 0 heterocycles. The van der Waals surface area contributed by atoms with Gasteiger partial charge in [0.25, 0.3) is 5.69 Å². The summed E-state index contributed by atoms with van der Waals surface area (Å²) in [6.07, 6.45) is 0.899. The van der Waals surface area contributed by atoms with Crippen molar-refractivity contribution in [2.24, 2.45) is 0 Å². The summed E-state index contributed by atoms with van der Waals surface area (Å²) in [5, 5.41) is 10.8. The third-order valence-corrected chi connectivity index (χ3v) is 3.40. The van der Waals surface area contributed by atoms with Crippen LogP contribution in [-0.2, 0) is 6.42 Å². The first-order chi connectivity index (χ1) is 11.0. The van der Waals surface area contributed by atoms with Crippen molar-refractivity contribution < 1.29 is 19.2 Å². The fourth-order valence-corrected chi connectivity index (χ4v) is 2.04. The molecule has 0 N–H and O–H groups in total. The van der Waals surface area contributed by atoms with Crippen LogP contribution in [0.4, 0.5) is 5.69 Å². The Balaban J connectivity index is 2.11. The monoisotopic (exact) mass is 315 g/mol. The molecule has 0 bridgehead atoms. The molecule has 0 aromatic heterocycles. The van der Waals surface area contributed by atoms with Gasteiger partial charge >= 0.3 is 0 Å². The molecule has 0 unspecified atom stereocenters. The van der Waals surface area contributed by atoms with Crippen LogP contribution in [0.2, 0.25) is 0 Å². The highest BCUT2D eigenvalue weighted by Crippen LogP contribution is 2.31. The molecule has 0 saturated heterocycles. The van der Waals surface area contributed by atoms with Gasteiger partial charge < -0.3 is 9.47 Å². The van der Waals surface area contributed by atoms with Crippen molar-refractivity contribution in [3.63, 3.8) is 0 Å². The number of benzene rings is 2. The van der Waals surface area contributed by atoms with Gasteiger partial charge in [-0.25, -0.2) is 0 Å². The number of nitro groups is 1. The number of methoxy groups -OCH3 is 1. The largest absolute Gasteiger partial charge is 0.493 e. The van der Waals surface area contributed by atoms with Gasteiger partial charge in [-0.1, -0.05) is 31.2 Å². The average Bonchev–Trinajstić information content (AvgIpc) is 2.59. The predicted molar refractivity (Wildman–Crippen MR) is 85.3 cm³/mol. The van der Waals surface area contributed by atoms with Gasteiger partial charge in [-0.05, 0) is 18.1 Å². The Kier molecular flexibility index (Phi) is 5.30. The Morgan fingerprint density at radius 1 is 1.13 bits per heavy atom. The number of hydrogen-bond donors (Lipinski definition) is 0. The van der Waals surface area contributed by atoms with Crippen molar-refractivity contribution in [3.05, 3.63) is 63.7 Å². The summed E-state index contributed by atoms with van der Waals surface area (Å²) < 4.78 is 10.5. The minimum absolute atomic E-state index is 0.124. The number of Topliss-reactive ketones (excluding diaryl/α,β-unsaturated/α-hetero) is 1. The number of non-ortho nitro benzene ring substituents is 1. The van der Waals surface area contributed by atoms with Crippen molar-refractivity contribution in [2.45, 2.75) is 13.3 Å². The van der Waals surface area contributed by atoms with E-state index in [0.717, 1.165) is 12.0 Å². The molecule has 6 heteroatoms. The summed E-state index contributed by atoms with van der Waals surface area (Å²) in [6.45, 7) is 1.82. The topological polar surface area (TPSA) is 78.7 Å². The summed E-state index contributed by atoms with van der Waals surface area (Å²) in [4.78, 5) is 22.4. The maximum absolute atomic E-state index is 12.1. The van der Waals surface area contributed by atoms with Crippen molar-refractivity contribution in [1.82, 2.24) is 0 Å². The van der Waals surface area contributed by atoms with Gasteiger partial charge in [-0.3, -0.25) is 14.9 Å². The van der Waals surface area contributed by atoms with E-state index in [4.69, 9.17) is 9.47 Å². The number of ether oxygens (including phenoxy) is 2. The van der Waals surface area contributed by atoms with Crippen LogP contribution in [0.5, 0.6) is 11.5 Å². The van der Waals surface area contributed by atoms with Crippen molar-refractivity contribution in [3.8, 4) is 11.5 Å². The van der Waals surface area contributed by atoms with Crippen LogP contribution < -0.4 is 9.47 Å². The van der Waals surface area contributed by atoms with Crippen LogP contribution in [-0.4, -0.2) is 24.4 Å². The zero-order valence-electron chi connectivity index (χ0n) is 12.9. The lowest BCUT2D eigenvalue weighted by atomic mass is 10.1. The summed E-state index contributed by atoms with van der Waals surface area (Å²) in [5.74, 6) is 0.297. The number of aryl methyl sites for hydroxylation is 1. The molecular weight excluding hydrogens is 298 g/mol. The van der Waals surface area contributed by atoms with Crippen LogP contribution >= 0.6 is 0 Å². The minimum atomic E-state index is -0.530. The van der Waals surface area contributed by atoms with Crippen LogP contribution in [0.25, 0.3) is 0 Å². The van der Waals surface area contributed by atoms with Crippen LogP contribution in [0.1, 0.15) is 22.8 Å². The predicted octanol–water partition coefficient (Wildman–Crippen LogP) is 3.43. The molecule has 6 nitrogen and oxygen atoms in total. The molecule has 23 heavy (non-hydrogen) atoms. The van der Waals surface area contributed by atoms with Gasteiger partial charge in [0.15, 0.2) is 23.9 Å². The van der Waals surface area contributed by atoms with Crippen LogP contribution in [0.3, 0.4) is 0 Å².